The van der Waals surface area contributed by atoms with E-state index in [4.69, 9.17) is 5.11 Å². The molecule has 0 radical (unpaired) electrons. The Morgan fingerprint density at radius 3 is 2.60 bits per heavy atom. The van der Waals surface area contributed by atoms with E-state index in [1.54, 1.807) is 0 Å². The van der Waals surface area contributed by atoms with Crippen molar-refractivity contribution in [2.45, 2.75) is 18.2 Å². The summed E-state index contributed by atoms with van der Waals surface area (Å²) in [7, 11) is -3.97. The Morgan fingerprint density at radius 1 is 1.35 bits per heavy atom. The minimum absolute atomic E-state index is 0.176. The molecule has 20 heavy (non-hydrogen) atoms. The minimum atomic E-state index is -3.97. The fourth-order valence-corrected chi connectivity index (χ4v) is 2.66. The van der Waals surface area contributed by atoms with Crippen LogP contribution in [0.15, 0.2) is 23.1 Å². The molecule has 0 aliphatic rings. The molecular weight excluding hydrogens is 287 g/mol. The maximum absolute atomic E-state index is 13.6. The molecule has 3 N–H and O–H groups in total. The molecule has 0 atom stereocenters. The van der Waals surface area contributed by atoms with Crippen LogP contribution in [-0.2, 0) is 10.0 Å². The number of sulfonamides is 1. The van der Waals surface area contributed by atoms with Crippen molar-refractivity contribution >= 4 is 16.0 Å². The lowest BCUT2D eigenvalue weighted by Gasteiger charge is -2.08. The van der Waals surface area contributed by atoms with Crippen LogP contribution in [0.3, 0.4) is 0 Å². The number of rotatable bonds is 8. The highest BCUT2D eigenvalue weighted by Crippen LogP contribution is 2.16. The molecule has 0 heterocycles. The Balaban J connectivity index is 2.75. The first kappa shape index (κ1) is 16.5. The second kappa shape index (κ2) is 7.32. The van der Waals surface area contributed by atoms with Gasteiger partial charge >= 0.3 is 5.97 Å². The maximum Gasteiger partial charge on any atom is 0.335 e. The Kier molecular flexibility index (Phi) is 6.05. The number of nitrogens with one attached hydrogen (secondary N) is 2. The normalized spacial score (nSPS) is 11.5. The molecule has 8 heteroatoms. The predicted molar refractivity (Wildman–Crippen MR) is 71.7 cm³/mol. The first-order valence-electron chi connectivity index (χ1n) is 6.11. The highest BCUT2D eigenvalue weighted by molar-refractivity contribution is 7.89. The van der Waals surface area contributed by atoms with Gasteiger partial charge in [-0.2, -0.15) is 0 Å². The Hall–Kier alpha value is -1.51. The van der Waals surface area contributed by atoms with Crippen molar-refractivity contribution in [3.05, 3.63) is 29.6 Å². The fraction of sp³-hybridized carbons (Fsp3) is 0.417. The summed E-state index contributed by atoms with van der Waals surface area (Å²) in [4.78, 5) is 10.1. The molecule has 0 aliphatic heterocycles. The molecule has 0 unspecified atom stereocenters. The number of benzene rings is 1. The van der Waals surface area contributed by atoms with Crippen molar-refractivity contribution in [3.8, 4) is 0 Å². The third kappa shape index (κ3) is 4.55. The molecule has 0 spiro atoms. The van der Waals surface area contributed by atoms with Crippen LogP contribution >= 0.6 is 0 Å². The summed E-state index contributed by atoms with van der Waals surface area (Å²) in [5.41, 5.74) is -0.298. The van der Waals surface area contributed by atoms with Crippen LogP contribution in [0.25, 0.3) is 0 Å². The average molecular weight is 304 g/mol. The molecular formula is C12H17FN2O4S. The second-order valence-corrected chi connectivity index (χ2v) is 5.79. The largest absolute Gasteiger partial charge is 0.478 e. The molecule has 0 aromatic heterocycles. The summed E-state index contributed by atoms with van der Waals surface area (Å²) in [5.74, 6) is -2.39. The highest BCUT2D eigenvalue weighted by Gasteiger charge is 2.19. The summed E-state index contributed by atoms with van der Waals surface area (Å²) in [6, 6.07) is 2.69. The lowest BCUT2D eigenvalue weighted by atomic mass is 10.2. The monoisotopic (exact) mass is 304 g/mol. The van der Waals surface area contributed by atoms with Gasteiger partial charge < -0.3 is 10.4 Å². The van der Waals surface area contributed by atoms with Gasteiger partial charge in [0.15, 0.2) is 0 Å². The minimum Gasteiger partial charge on any atom is -0.478 e. The molecule has 0 saturated heterocycles. The number of carboxylic acids is 1. The molecule has 0 fully saturated rings. The zero-order valence-corrected chi connectivity index (χ0v) is 11.8. The molecule has 1 aromatic rings. The van der Waals surface area contributed by atoms with E-state index in [1.165, 1.54) is 0 Å². The van der Waals surface area contributed by atoms with E-state index in [1.807, 2.05) is 6.92 Å². The van der Waals surface area contributed by atoms with Crippen molar-refractivity contribution < 1.29 is 22.7 Å². The molecule has 0 bridgehead atoms. The lowest BCUT2D eigenvalue weighted by Crippen LogP contribution is -2.28. The van der Waals surface area contributed by atoms with Crippen LogP contribution in [-0.4, -0.2) is 39.1 Å². The van der Waals surface area contributed by atoms with E-state index in [0.717, 1.165) is 18.7 Å². The predicted octanol–water partition coefficient (Wildman–Crippen LogP) is 0.802. The number of carboxylic acid groups (broad SMARTS) is 1. The van der Waals surface area contributed by atoms with Crippen molar-refractivity contribution in [1.29, 1.82) is 0 Å². The van der Waals surface area contributed by atoms with Crippen LogP contribution in [0.1, 0.15) is 23.7 Å². The second-order valence-electron chi connectivity index (χ2n) is 4.06. The van der Waals surface area contributed by atoms with E-state index in [9.17, 15) is 17.6 Å². The number of hydrogen-bond acceptors (Lipinski definition) is 4. The SMILES string of the molecule is CCNCCCNS(=O)(=O)c1ccc(C(=O)O)cc1F. The van der Waals surface area contributed by atoms with Crippen molar-refractivity contribution in [1.82, 2.24) is 10.0 Å². The van der Waals surface area contributed by atoms with Crippen molar-refractivity contribution in [2.24, 2.45) is 0 Å². The van der Waals surface area contributed by atoms with E-state index in [0.29, 0.717) is 19.0 Å². The van der Waals surface area contributed by atoms with Gasteiger partial charge in [0.25, 0.3) is 0 Å². The Morgan fingerprint density at radius 2 is 2.05 bits per heavy atom. The number of aromatic carboxylic acids is 1. The Labute approximate surface area is 117 Å². The van der Waals surface area contributed by atoms with Gasteiger partial charge in [-0.15, -0.1) is 0 Å². The van der Waals surface area contributed by atoms with Crippen LogP contribution in [0.4, 0.5) is 4.39 Å². The van der Waals surface area contributed by atoms with Gasteiger partial charge in [-0.25, -0.2) is 22.3 Å². The summed E-state index contributed by atoms with van der Waals surface area (Å²) in [5, 5.41) is 11.7. The van der Waals surface area contributed by atoms with Crippen LogP contribution in [0.2, 0.25) is 0 Å². The summed E-state index contributed by atoms with van der Waals surface area (Å²) in [6.07, 6.45) is 0.571. The number of halogens is 1. The van der Waals surface area contributed by atoms with Gasteiger partial charge in [0.2, 0.25) is 10.0 Å². The number of carbonyl (C=O) groups is 1. The van der Waals surface area contributed by atoms with Gasteiger partial charge in [0.1, 0.15) is 10.7 Å². The first-order chi connectivity index (χ1) is 9.38. The van der Waals surface area contributed by atoms with Gasteiger partial charge in [0.05, 0.1) is 5.56 Å². The zero-order valence-electron chi connectivity index (χ0n) is 11.0. The lowest BCUT2D eigenvalue weighted by molar-refractivity contribution is 0.0696. The van der Waals surface area contributed by atoms with Gasteiger partial charge in [-0.3, -0.25) is 0 Å². The molecule has 6 nitrogen and oxygen atoms in total. The van der Waals surface area contributed by atoms with Crippen molar-refractivity contribution in [2.75, 3.05) is 19.6 Å². The van der Waals surface area contributed by atoms with Crippen LogP contribution < -0.4 is 10.0 Å². The third-order valence-corrected chi connectivity index (χ3v) is 4.04. The molecule has 1 rings (SSSR count). The molecule has 0 amide bonds. The van der Waals surface area contributed by atoms with Crippen LogP contribution in [0, 0.1) is 5.82 Å². The standard InChI is InChI=1S/C12H17FN2O4S/c1-2-14-6-3-7-15-20(18,19)11-5-4-9(12(16)17)8-10(11)13/h4-5,8,14-15H,2-3,6-7H2,1H3,(H,16,17). The number of hydrogen-bond donors (Lipinski definition) is 3. The molecule has 112 valence electrons. The summed E-state index contributed by atoms with van der Waals surface area (Å²) >= 11 is 0. The van der Waals surface area contributed by atoms with Crippen molar-refractivity contribution in [3.63, 3.8) is 0 Å². The highest BCUT2D eigenvalue weighted by atomic mass is 32.2. The molecule has 0 saturated carbocycles. The van der Waals surface area contributed by atoms with E-state index in [-0.39, 0.29) is 12.1 Å². The maximum atomic E-state index is 13.6. The smallest absolute Gasteiger partial charge is 0.335 e. The molecule has 1 aromatic carbocycles. The summed E-state index contributed by atoms with van der Waals surface area (Å²) in [6.45, 7) is 3.55. The van der Waals surface area contributed by atoms with Crippen LogP contribution in [0.5, 0.6) is 0 Å². The zero-order chi connectivity index (χ0) is 15.2. The van der Waals surface area contributed by atoms with E-state index in [2.05, 4.69) is 10.0 Å². The summed E-state index contributed by atoms with van der Waals surface area (Å²) < 4.78 is 39.6. The van der Waals surface area contributed by atoms with E-state index < -0.39 is 26.7 Å². The third-order valence-electron chi connectivity index (χ3n) is 2.54. The van der Waals surface area contributed by atoms with Gasteiger partial charge in [0, 0.05) is 6.54 Å². The average Bonchev–Trinajstić information content (AvgIpc) is 2.37. The first-order valence-corrected chi connectivity index (χ1v) is 7.60. The Bertz CT molecular complexity index is 575. The quantitative estimate of drug-likeness (QED) is 0.618. The molecule has 0 aliphatic carbocycles. The topological polar surface area (TPSA) is 95.5 Å². The van der Waals surface area contributed by atoms with E-state index >= 15 is 0 Å². The van der Waals surface area contributed by atoms with Gasteiger partial charge in [-0.1, -0.05) is 6.92 Å². The van der Waals surface area contributed by atoms with Gasteiger partial charge in [-0.05, 0) is 37.7 Å². The fourth-order valence-electron chi connectivity index (χ4n) is 1.53.